The molecule has 0 radical (unpaired) electrons. The first-order chi connectivity index (χ1) is 6.78. The molecule has 0 saturated carbocycles. The van der Waals surface area contributed by atoms with E-state index < -0.39 is 0 Å². The summed E-state index contributed by atoms with van der Waals surface area (Å²) in [5.74, 6) is 2.75. The highest BCUT2D eigenvalue weighted by molar-refractivity contribution is 8.21. The van der Waals surface area contributed by atoms with Gasteiger partial charge < -0.3 is 0 Å². The van der Waals surface area contributed by atoms with Crippen LogP contribution >= 0.6 is 31.4 Å². The molecule has 2 rings (SSSR count). The van der Waals surface area contributed by atoms with Gasteiger partial charge >= 0.3 is 0 Å². The molecule has 2 fully saturated rings. The summed E-state index contributed by atoms with van der Waals surface area (Å²) in [6, 6.07) is 0. The minimum Gasteiger partial charge on any atom is -0.143 e. The standard InChI is InChI=1S/C12H23PS2/c1-10(2)8-12(14-6-7-15-12)9-11(3,4)13(10)5/h6-9H2,1-5H3. The molecule has 0 aromatic rings. The molecule has 15 heavy (non-hydrogen) atoms. The fourth-order valence-electron chi connectivity index (χ4n) is 3.14. The summed E-state index contributed by atoms with van der Waals surface area (Å²) in [5, 5.41) is 1.14. The third-order valence-electron chi connectivity index (χ3n) is 4.03. The lowest BCUT2D eigenvalue weighted by Crippen LogP contribution is -2.45. The summed E-state index contributed by atoms with van der Waals surface area (Å²) in [5.41, 5.74) is 0. The summed E-state index contributed by atoms with van der Waals surface area (Å²) in [7, 11) is 0.153. The quantitative estimate of drug-likeness (QED) is 0.584. The Morgan fingerprint density at radius 2 is 1.27 bits per heavy atom. The van der Waals surface area contributed by atoms with E-state index in [2.05, 4.69) is 57.9 Å². The topological polar surface area (TPSA) is 0 Å². The van der Waals surface area contributed by atoms with Gasteiger partial charge in [-0.2, -0.15) is 0 Å². The average Bonchev–Trinajstić information content (AvgIpc) is 2.47. The normalized spacial score (nSPS) is 33.4. The number of hydrogen-bond donors (Lipinski definition) is 0. The molecule has 0 amide bonds. The number of thioether (sulfide) groups is 2. The van der Waals surface area contributed by atoms with E-state index in [4.69, 9.17) is 0 Å². The largest absolute Gasteiger partial charge is 0.143 e. The van der Waals surface area contributed by atoms with Gasteiger partial charge in [0.15, 0.2) is 0 Å². The van der Waals surface area contributed by atoms with Gasteiger partial charge in [-0.05, 0) is 29.8 Å². The van der Waals surface area contributed by atoms with E-state index in [1.54, 1.807) is 0 Å². The molecular formula is C12H23PS2. The predicted octanol–water partition coefficient (Wildman–Crippen LogP) is 4.63. The second kappa shape index (κ2) is 3.82. The molecule has 1 spiro atoms. The zero-order valence-electron chi connectivity index (χ0n) is 10.6. The summed E-state index contributed by atoms with van der Waals surface area (Å²) >= 11 is 4.49. The zero-order chi connectivity index (χ0) is 11.3. The molecule has 88 valence electrons. The van der Waals surface area contributed by atoms with E-state index in [-0.39, 0.29) is 7.92 Å². The minimum absolute atomic E-state index is 0.153. The van der Waals surface area contributed by atoms with Gasteiger partial charge in [0, 0.05) is 11.5 Å². The van der Waals surface area contributed by atoms with E-state index in [1.165, 1.54) is 24.3 Å². The van der Waals surface area contributed by atoms with Crippen LogP contribution < -0.4 is 0 Å². The minimum atomic E-state index is 0.153. The third kappa shape index (κ3) is 2.24. The Kier molecular flexibility index (Phi) is 3.20. The van der Waals surface area contributed by atoms with Crippen molar-refractivity contribution in [1.82, 2.24) is 0 Å². The lowest BCUT2D eigenvalue weighted by atomic mass is 9.96. The maximum absolute atomic E-state index is 2.52. The summed E-state index contributed by atoms with van der Waals surface area (Å²) < 4.78 is 0.571. The lowest BCUT2D eigenvalue weighted by Gasteiger charge is -2.54. The number of rotatable bonds is 0. The van der Waals surface area contributed by atoms with Crippen LogP contribution in [0.5, 0.6) is 0 Å². The van der Waals surface area contributed by atoms with E-state index in [1.807, 2.05) is 0 Å². The Labute approximate surface area is 104 Å². The first-order valence-corrected chi connectivity index (χ1v) is 9.55. The second-order valence-corrected chi connectivity index (χ2v) is 12.9. The second-order valence-electron chi connectivity index (χ2n) is 6.15. The Bertz CT molecular complexity index is 234. The fourth-order valence-corrected chi connectivity index (χ4v) is 10.3. The monoisotopic (exact) mass is 262 g/mol. The Hall–Kier alpha value is 1.13. The van der Waals surface area contributed by atoms with Crippen LogP contribution in [0.1, 0.15) is 40.5 Å². The summed E-state index contributed by atoms with van der Waals surface area (Å²) in [6.07, 6.45) is 2.86. The Morgan fingerprint density at radius 1 is 0.867 bits per heavy atom. The maximum Gasteiger partial charge on any atom is 0.0628 e. The van der Waals surface area contributed by atoms with Crippen molar-refractivity contribution in [3.63, 3.8) is 0 Å². The molecule has 0 N–H and O–H groups in total. The molecule has 2 aliphatic heterocycles. The van der Waals surface area contributed by atoms with Crippen LogP contribution in [0.2, 0.25) is 0 Å². The van der Waals surface area contributed by atoms with Crippen molar-refractivity contribution < 1.29 is 0 Å². The van der Waals surface area contributed by atoms with Gasteiger partial charge in [-0.3, -0.25) is 0 Å². The molecule has 2 heterocycles. The highest BCUT2D eigenvalue weighted by Crippen LogP contribution is 2.70. The molecule has 0 nitrogen and oxygen atoms in total. The first kappa shape index (κ1) is 12.6. The van der Waals surface area contributed by atoms with Crippen molar-refractivity contribution in [3.05, 3.63) is 0 Å². The molecular weight excluding hydrogens is 239 g/mol. The van der Waals surface area contributed by atoms with E-state index >= 15 is 0 Å². The SMILES string of the molecule is CP1C(C)(C)CC2(CC1(C)C)SCCS2. The van der Waals surface area contributed by atoms with E-state index in [0.717, 1.165) is 0 Å². The average molecular weight is 262 g/mol. The molecule has 3 heteroatoms. The van der Waals surface area contributed by atoms with Crippen LogP contribution in [0.4, 0.5) is 0 Å². The van der Waals surface area contributed by atoms with Crippen LogP contribution in [-0.2, 0) is 0 Å². The van der Waals surface area contributed by atoms with Gasteiger partial charge in [-0.15, -0.1) is 23.5 Å². The smallest absolute Gasteiger partial charge is 0.0628 e. The highest BCUT2D eigenvalue weighted by Gasteiger charge is 2.53. The van der Waals surface area contributed by atoms with E-state index in [9.17, 15) is 0 Å². The van der Waals surface area contributed by atoms with Crippen molar-refractivity contribution in [2.24, 2.45) is 0 Å². The molecule has 2 aliphatic rings. The Balaban J connectivity index is 2.27. The number of hydrogen-bond acceptors (Lipinski definition) is 2. The van der Waals surface area contributed by atoms with Crippen molar-refractivity contribution in [2.75, 3.05) is 18.2 Å². The predicted molar refractivity (Wildman–Crippen MR) is 77.9 cm³/mol. The van der Waals surface area contributed by atoms with Gasteiger partial charge in [0.2, 0.25) is 0 Å². The lowest BCUT2D eigenvalue weighted by molar-refractivity contribution is 0.459. The first-order valence-electron chi connectivity index (χ1n) is 5.79. The van der Waals surface area contributed by atoms with E-state index in [0.29, 0.717) is 14.4 Å². The summed E-state index contributed by atoms with van der Waals surface area (Å²) in [4.78, 5) is 0. The van der Waals surface area contributed by atoms with Gasteiger partial charge in [0.25, 0.3) is 0 Å². The van der Waals surface area contributed by atoms with Crippen LogP contribution in [0.25, 0.3) is 0 Å². The van der Waals surface area contributed by atoms with Gasteiger partial charge in [0.05, 0.1) is 4.08 Å². The van der Waals surface area contributed by atoms with Crippen molar-refractivity contribution in [1.29, 1.82) is 0 Å². The van der Waals surface area contributed by atoms with Gasteiger partial charge in [0.1, 0.15) is 0 Å². The fraction of sp³-hybridized carbons (Fsp3) is 1.00. The molecule has 0 aromatic heterocycles. The van der Waals surface area contributed by atoms with Gasteiger partial charge in [-0.1, -0.05) is 35.6 Å². The zero-order valence-corrected chi connectivity index (χ0v) is 13.1. The molecule has 0 unspecified atom stereocenters. The molecule has 2 saturated heterocycles. The van der Waals surface area contributed by atoms with Crippen molar-refractivity contribution in [3.8, 4) is 0 Å². The molecule has 0 bridgehead atoms. The van der Waals surface area contributed by atoms with Gasteiger partial charge in [-0.25, -0.2) is 0 Å². The van der Waals surface area contributed by atoms with Crippen molar-refractivity contribution >= 4 is 31.4 Å². The highest BCUT2D eigenvalue weighted by atomic mass is 32.2. The van der Waals surface area contributed by atoms with Crippen LogP contribution in [-0.4, -0.2) is 32.6 Å². The molecule has 0 aliphatic carbocycles. The maximum atomic E-state index is 2.52. The van der Waals surface area contributed by atoms with Crippen LogP contribution in [0.15, 0.2) is 0 Å². The van der Waals surface area contributed by atoms with Crippen LogP contribution in [0.3, 0.4) is 0 Å². The van der Waals surface area contributed by atoms with Crippen LogP contribution in [0, 0.1) is 0 Å². The molecule has 0 atom stereocenters. The molecule has 0 aromatic carbocycles. The third-order valence-corrected chi connectivity index (χ3v) is 11.4. The van der Waals surface area contributed by atoms with Crippen molar-refractivity contribution in [2.45, 2.75) is 54.9 Å². The Morgan fingerprint density at radius 3 is 1.67 bits per heavy atom. The summed E-state index contributed by atoms with van der Waals surface area (Å²) in [6.45, 7) is 12.5.